The Balaban J connectivity index is 1.31. The number of rotatable bonds is 5. The number of carbonyl (C=O) groups excluding carboxylic acids is 1. The number of nitrogens with zero attached hydrogens (tertiary/aromatic N) is 3. The van der Waals surface area contributed by atoms with Crippen molar-refractivity contribution < 1.29 is 27.4 Å². The molecule has 0 radical (unpaired) electrons. The summed E-state index contributed by atoms with van der Waals surface area (Å²) in [6.45, 7) is 2.03. The normalized spacial score (nSPS) is 18.1. The maximum atomic E-state index is 12.5. The molecule has 2 aromatic carbocycles. The first-order valence-corrected chi connectivity index (χ1v) is 12.6. The molecule has 3 aliphatic rings. The second kappa shape index (κ2) is 8.61. The monoisotopic (exact) mass is 498 g/mol. The summed E-state index contributed by atoms with van der Waals surface area (Å²) in [4.78, 5) is 17.5. The number of fused-ring (bicyclic) bond motifs is 2. The molecule has 10 nitrogen and oxygen atoms in total. The number of amidine groups is 3. The number of hydrogen-bond acceptors (Lipinski definition) is 9. The van der Waals surface area contributed by atoms with E-state index in [0.29, 0.717) is 29.4 Å². The van der Waals surface area contributed by atoms with Gasteiger partial charge in [0.2, 0.25) is 27.0 Å². The van der Waals surface area contributed by atoms with Gasteiger partial charge in [0.25, 0.3) is 5.91 Å². The molecular weight excluding hydrogens is 480 g/mol. The first-order valence-electron chi connectivity index (χ1n) is 10.2. The van der Waals surface area contributed by atoms with Gasteiger partial charge in [-0.3, -0.25) is 10.2 Å². The zero-order valence-electron chi connectivity index (χ0n) is 17.8. The van der Waals surface area contributed by atoms with Crippen molar-refractivity contribution in [2.75, 3.05) is 12.5 Å². The number of sulfone groups is 1. The molecule has 1 N–H and O–H groups in total. The van der Waals surface area contributed by atoms with Crippen LogP contribution in [-0.4, -0.2) is 47.9 Å². The zero-order chi connectivity index (χ0) is 23.9. The number of amides is 1. The van der Waals surface area contributed by atoms with E-state index in [4.69, 9.17) is 19.6 Å². The second-order valence-electron chi connectivity index (χ2n) is 7.36. The predicted octanol–water partition coefficient (Wildman–Crippen LogP) is 3.01. The first kappa shape index (κ1) is 22.2. The van der Waals surface area contributed by atoms with Crippen molar-refractivity contribution in [2.45, 2.75) is 13.5 Å². The maximum Gasteiger partial charge on any atom is 0.283 e. The van der Waals surface area contributed by atoms with Gasteiger partial charge in [0.05, 0.1) is 23.3 Å². The van der Waals surface area contributed by atoms with Crippen LogP contribution in [0.25, 0.3) is 6.08 Å². The van der Waals surface area contributed by atoms with Crippen LogP contribution in [0.1, 0.15) is 18.1 Å². The summed E-state index contributed by atoms with van der Waals surface area (Å²) in [5, 5.41) is 8.23. The van der Waals surface area contributed by atoms with Gasteiger partial charge in [0.15, 0.2) is 11.5 Å². The molecule has 34 heavy (non-hydrogen) atoms. The number of ether oxygens (including phenoxy) is 3. The van der Waals surface area contributed by atoms with Gasteiger partial charge in [-0.05, 0) is 41.5 Å². The second-order valence-corrected chi connectivity index (χ2v) is 10.3. The van der Waals surface area contributed by atoms with Crippen molar-refractivity contribution in [3.8, 4) is 17.2 Å². The molecule has 1 amide bonds. The van der Waals surface area contributed by atoms with Gasteiger partial charge >= 0.3 is 0 Å². The summed E-state index contributed by atoms with van der Waals surface area (Å²) in [5.74, 6) is 0.925. The minimum atomic E-state index is -3.69. The van der Waals surface area contributed by atoms with Gasteiger partial charge in [-0.1, -0.05) is 25.1 Å². The summed E-state index contributed by atoms with van der Waals surface area (Å²) in [7, 11) is -3.69. The summed E-state index contributed by atoms with van der Waals surface area (Å²) in [6.07, 6.45) is 1.49. The highest BCUT2D eigenvalue weighted by molar-refractivity contribution is 8.16. The largest absolute Gasteiger partial charge is 0.489 e. The molecule has 0 bridgehead atoms. The molecule has 3 aliphatic heterocycles. The molecule has 0 atom stereocenters. The molecule has 0 aromatic heterocycles. The Morgan fingerprint density at radius 3 is 2.71 bits per heavy atom. The van der Waals surface area contributed by atoms with Crippen LogP contribution < -0.4 is 14.2 Å². The summed E-state index contributed by atoms with van der Waals surface area (Å²) >= 11 is 0.769. The minimum Gasteiger partial charge on any atom is -0.489 e. The Labute approximate surface area is 199 Å². The lowest BCUT2D eigenvalue weighted by Crippen LogP contribution is -2.45. The van der Waals surface area contributed by atoms with Crippen molar-refractivity contribution >= 4 is 49.9 Å². The highest BCUT2D eigenvalue weighted by Crippen LogP contribution is 2.33. The minimum absolute atomic E-state index is 0.0284. The fourth-order valence-corrected chi connectivity index (χ4v) is 5.32. The molecule has 0 saturated heterocycles. The molecule has 3 heterocycles. The van der Waals surface area contributed by atoms with Crippen molar-refractivity contribution in [2.24, 2.45) is 9.39 Å². The lowest BCUT2D eigenvalue weighted by molar-refractivity contribution is -0.114. The van der Waals surface area contributed by atoms with Crippen molar-refractivity contribution in [1.82, 2.24) is 4.90 Å². The van der Waals surface area contributed by atoms with Crippen LogP contribution in [0, 0.1) is 5.41 Å². The summed E-state index contributed by atoms with van der Waals surface area (Å²) in [5.41, 5.74) is 1.53. The van der Waals surface area contributed by atoms with Crippen LogP contribution in [0.2, 0.25) is 0 Å². The Morgan fingerprint density at radius 2 is 1.94 bits per heavy atom. The lowest BCUT2D eigenvalue weighted by atomic mass is 10.1. The third kappa shape index (κ3) is 4.05. The molecule has 174 valence electrons. The molecule has 5 rings (SSSR count). The van der Waals surface area contributed by atoms with Crippen LogP contribution in [0.5, 0.6) is 17.2 Å². The Kier molecular flexibility index (Phi) is 5.62. The quantitative estimate of drug-likeness (QED) is 0.492. The van der Waals surface area contributed by atoms with E-state index in [1.165, 1.54) is 13.0 Å². The van der Waals surface area contributed by atoms with Crippen LogP contribution >= 0.6 is 11.9 Å². The SMILES string of the molecule is CCS(=O)(=O)C1=NSC2=NC(=O)C(=Cc3ccc(OCc4ccc5c(c4)OCO5)cc3)C(=N)N21. The van der Waals surface area contributed by atoms with E-state index in [2.05, 4.69) is 9.39 Å². The number of hydrogen-bond donors (Lipinski definition) is 1. The van der Waals surface area contributed by atoms with Gasteiger partial charge < -0.3 is 14.2 Å². The van der Waals surface area contributed by atoms with Gasteiger partial charge in [-0.15, -0.1) is 0 Å². The Bertz CT molecular complexity index is 1400. The maximum absolute atomic E-state index is 12.5. The average molecular weight is 499 g/mol. The molecule has 12 heteroatoms. The van der Waals surface area contributed by atoms with Crippen LogP contribution in [0.4, 0.5) is 0 Å². The number of aliphatic imine (C=N–C) groups is 1. The van der Waals surface area contributed by atoms with E-state index in [0.717, 1.165) is 22.4 Å². The van der Waals surface area contributed by atoms with E-state index < -0.39 is 15.7 Å². The molecule has 0 fully saturated rings. The number of benzene rings is 2. The topological polar surface area (TPSA) is 131 Å². The summed E-state index contributed by atoms with van der Waals surface area (Å²) < 4.78 is 45.1. The Hall–Kier alpha value is -3.64. The number of nitrogens with one attached hydrogen (secondary N) is 1. The average Bonchev–Trinajstić information content (AvgIpc) is 3.48. The van der Waals surface area contributed by atoms with Gasteiger partial charge in [-0.25, -0.2) is 13.3 Å². The van der Waals surface area contributed by atoms with Crippen LogP contribution in [0.3, 0.4) is 0 Å². The highest BCUT2D eigenvalue weighted by atomic mass is 32.2. The fraction of sp³-hybridized carbons (Fsp3) is 0.182. The molecule has 0 aliphatic carbocycles. The van der Waals surface area contributed by atoms with E-state index in [1.54, 1.807) is 24.3 Å². The standard InChI is InChI=1S/C22H18N4O6S2/c1-2-34(28,29)22-25-33-21-24-20(27)16(19(23)26(21)22)9-13-3-6-15(7-4-13)30-11-14-5-8-17-18(10-14)32-12-31-17/h3-10,23H,2,11-12H2,1H3. The third-order valence-electron chi connectivity index (χ3n) is 5.19. The molecule has 0 saturated carbocycles. The van der Waals surface area contributed by atoms with E-state index in [1.807, 2.05) is 18.2 Å². The predicted molar refractivity (Wildman–Crippen MR) is 128 cm³/mol. The van der Waals surface area contributed by atoms with E-state index >= 15 is 0 Å². The molecular formula is C22H18N4O6S2. The zero-order valence-corrected chi connectivity index (χ0v) is 19.5. The fourth-order valence-electron chi connectivity index (χ4n) is 3.35. The molecule has 2 aromatic rings. The van der Waals surface area contributed by atoms with Crippen LogP contribution in [0.15, 0.2) is 57.4 Å². The smallest absolute Gasteiger partial charge is 0.283 e. The van der Waals surface area contributed by atoms with Gasteiger partial charge in [0, 0.05) is 0 Å². The molecule has 0 spiro atoms. The third-order valence-corrected chi connectivity index (χ3v) is 7.59. The van der Waals surface area contributed by atoms with E-state index in [9.17, 15) is 13.2 Å². The summed E-state index contributed by atoms with van der Waals surface area (Å²) in [6, 6.07) is 12.5. The van der Waals surface area contributed by atoms with Crippen LogP contribution in [-0.2, 0) is 21.2 Å². The van der Waals surface area contributed by atoms with E-state index in [-0.39, 0.29) is 34.3 Å². The first-order chi connectivity index (χ1) is 16.4. The van der Waals surface area contributed by atoms with Crippen molar-refractivity contribution in [3.63, 3.8) is 0 Å². The van der Waals surface area contributed by atoms with Gasteiger partial charge in [-0.2, -0.15) is 9.39 Å². The van der Waals surface area contributed by atoms with Crippen molar-refractivity contribution in [1.29, 1.82) is 5.41 Å². The van der Waals surface area contributed by atoms with Gasteiger partial charge in [0.1, 0.15) is 18.2 Å². The number of carbonyl (C=O) groups is 1. The van der Waals surface area contributed by atoms with Crippen molar-refractivity contribution in [3.05, 3.63) is 59.2 Å². The lowest BCUT2D eigenvalue weighted by Gasteiger charge is -2.24. The highest BCUT2D eigenvalue weighted by Gasteiger charge is 2.42. The Morgan fingerprint density at radius 1 is 1.18 bits per heavy atom. The molecule has 0 unspecified atom stereocenters.